The smallest absolute Gasteiger partial charge is 0.235 e. The molecule has 0 aromatic rings. The third kappa shape index (κ3) is 0.659. The van der Waals surface area contributed by atoms with Crippen molar-refractivity contribution in [3.8, 4) is 0 Å². The molecule has 2 bridgehead atoms. The van der Waals surface area contributed by atoms with Crippen LogP contribution in [-0.2, 0) is 14.3 Å². The van der Waals surface area contributed by atoms with Crippen LogP contribution in [0, 0.1) is 11.8 Å². The fourth-order valence-corrected chi connectivity index (χ4v) is 2.45. The molecule has 13 heavy (non-hydrogen) atoms. The lowest BCUT2D eigenvalue weighted by molar-refractivity contribution is -0.140. The summed E-state index contributed by atoms with van der Waals surface area (Å²) in [6.07, 6.45) is 3.46. The Morgan fingerprint density at radius 3 is 2.08 bits per heavy atom. The van der Waals surface area contributed by atoms with Crippen molar-refractivity contribution in [3.05, 3.63) is 12.2 Å². The number of nitrogens with zero attached hydrogens (tertiary/aromatic N) is 1. The maximum atomic E-state index is 11.6. The average molecular weight is 179 g/mol. The van der Waals surface area contributed by atoms with Gasteiger partial charge >= 0.3 is 0 Å². The highest BCUT2D eigenvalue weighted by molar-refractivity contribution is 6.06. The monoisotopic (exact) mass is 179 g/mol. The normalized spacial score (nSPS) is 46.4. The highest BCUT2D eigenvalue weighted by atomic mass is 16.5. The van der Waals surface area contributed by atoms with Gasteiger partial charge in [0.15, 0.2) is 0 Å². The Morgan fingerprint density at radius 1 is 1.15 bits per heavy atom. The molecule has 2 fully saturated rings. The first-order valence-corrected chi connectivity index (χ1v) is 4.35. The van der Waals surface area contributed by atoms with Gasteiger partial charge in [0, 0.05) is 7.05 Å². The van der Waals surface area contributed by atoms with Crippen molar-refractivity contribution in [1.82, 2.24) is 4.90 Å². The average Bonchev–Trinajstić information content (AvgIpc) is 2.76. The largest absolute Gasteiger partial charge is 0.365 e. The molecule has 0 saturated carbocycles. The molecule has 0 aromatic carbocycles. The predicted molar refractivity (Wildman–Crippen MR) is 42.6 cm³/mol. The van der Waals surface area contributed by atoms with Gasteiger partial charge in [-0.25, -0.2) is 0 Å². The topological polar surface area (TPSA) is 46.6 Å². The molecule has 0 N–H and O–H groups in total. The summed E-state index contributed by atoms with van der Waals surface area (Å²) in [7, 11) is 1.54. The standard InChI is InChI=1S/C9H9NO3/c1-10-8(11)6-4-2-3-5(13-4)7(6)9(10)12/h2-7H,1H3/t4-,5-,6+,7+/m1/s1. The van der Waals surface area contributed by atoms with Crippen molar-refractivity contribution in [2.24, 2.45) is 11.8 Å². The van der Waals surface area contributed by atoms with Crippen molar-refractivity contribution in [2.45, 2.75) is 12.2 Å². The van der Waals surface area contributed by atoms with Crippen LogP contribution in [0.15, 0.2) is 12.2 Å². The quantitative estimate of drug-likeness (QED) is 0.374. The van der Waals surface area contributed by atoms with Crippen LogP contribution >= 0.6 is 0 Å². The Morgan fingerprint density at radius 2 is 1.62 bits per heavy atom. The molecule has 0 spiro atoms. The van der Waals surface area contributed by atoms with Gasteiger partial charge < -0.3 is 4.74 Å². The van der Waals surface area contributed by atoms with Crippen LogP contribution in [0.4, 0.5) is 0 Å². The van der Waals surface area contributed by atoms with E-state index in [9.17, 15) is 9.59 Å². The lowest BCUT2D eigenvalue weighted by Crippen LogP contribution is -2.30. The molecule has 68 valence electrons. The minimum atomic E-state index is -0.243. The van der Waals surface area contributed by atoms with E-state index in [4.69, 9.17) is 4.74 Å². The molecule has 4 atom stereocenters. The number of amides is 2. The van der Waals surface area contributed by atoms with Crippen molar-refractivity contribution in [1.29, 1.82) is 0 Å². The summed E-state index contributed by atoms with van der Waals surface area (Å²) in [5, 5.41) is 0. The zero-order chi connectivity index (χ0) is 9.16. The second kappa shape index (κ2) is 2.01. The van der Waals surface area contributed by atoms with Gasteiger partial charge in [0.05, 0.1) is 24.0 Å². The Bertz CT molecular complexity index is 306. The third-order valence-electron chi connectivity index (χ3n) is 3.13. The van der Waals surface area contributed by atoms with E-state index in [1.165, 1.54) is 4.90 Å². The molecule has 2 saturated heterocycles. The van der Waals surface area contributed by atoms with Crippen LogP contribution in [0.1, 0.15) is 0 Å². The summed E-state index contributed by atoms with van der Waals surface area (Å²) in [5.74, 6) is -0.668. The molecule has 3 heterocycles. The Kier molecular flexibility index (Phi) is 1.12. The summed E-state index contributed by atoms with van der Waals surface area (Å²) < 4.78 is 5.45. The molecule has 0 aromatic heterocycles. The molecular formula is C9H9NO3. The minimum absolute atomic E-state index is 0.0909. The molecule has 0 aliphatic carbocycles. The first-order valence-electron chi connectivity index (χ1n) is 4.35. The van der Waals surface area contributed by atoms with Crippen molar-refractivity contribution < 1.29 is 14.3 Å². The van der Waals surface area contributed by atoms with Crippen LogP contribution in [0.25, 0.3) is 0 Å². The van der Waals surface area contributed by atoms with Crippen LogP contribution in [0.3, 0.4) is 0 Å². The van der Waals surface area contributed by atoms with Gasteiger partial charge in [-0.05, 0) is 0 Å². The number of hydrogen-bond donors (Lipinski definition) is 0. The molecule has 3 aliphatic heterocycles. The first-order chi connectivity index (χ1) is 6.20. The zero-order valence-corrected chi connectivity index (χ0v) is 7.14. The predicted octanol–water partition coefficient (Wildman–Crippen LogP) is -0.445. The Balaban J connectivity index is 2.08. The summed E-state index contributed by atoms with van der Waals surface area (Å²) in [4.78, 5) is 24.4. The number of imide groups is 1. The van der Waals surface area contributed by atoms with Crippen molar-refractivity contribution in [3.63, 3.8) is 0 Å². The number of ether oxygens (including phenoxy) is 1. The summed E-state index contributed by atoms with van der Waals surface area (Å²) >= 11 is 0. The number of fused-ring (bicyclic) bond motifs is 5. The maximum absolute atomic E-state index is 11.6. The highest BCUT2D eigenvalue weighted by Crippen LogP contribution is 2.44. The molecule has 0 unspecified atom stereocenters. The fraction of sp³-hybridized carbons (Fsp3) is 0.556. The lowest BCUT2D eigenvalue weighted by Gasteiger charge is -2.10. The van der Waals surface area contributed by atoms with E-state index in [0.717, 1.165) is 0 Å². The molecular weight excluding hydrogens is 170 g/mol. The molecule has 4 heteroatoms. The summed E-state index contributed by atoms with van der Waals surface area (Å²) in [5.41, 5.74) is 0. The van der Waals surface area contributed by atoms with E-state index >= 15 is 0 Å². The zero-order valence-electron chi connectivity index (χ0n) is 7.14. The van der Waals surface area contributed by atoms with Gasteiger partial charge in [0.1, 0.15) is 0 Å². The van der Waals surface area contributed by atoms with Crippen molar-refractivity contribution >= 4 is 11.8 Å². The number of carbonyl (C=O) groups is 2. The Labute approximate surface area is 75.1 Å². The fourth-order valence-electron chi connectivity index (χ4n) is 2.45. The van der Waals surface area contributed by atoms with Crippen LogP contribution in [0.5, 0.6) is 0 Å². The molecule has 2 amide bonds. The van der Waals surface area contributed by atoms with Crippen molar-refractivity contribution in [2.75, 3.05) is 7.05 Å². The van der Waals surface area contributed by atoms with Crippen LogP contribution in [0.2, 0.25) is 0 Å². The first kappa shape index (κ1) is 7.26. The van der Waals surface area contributed by atoms with Gasteiger partial charge in [-0.3, -0.25) is 14.5 Å². The van der Waals surface area contributed by atoms with Gasteiger partial charge in [-0.15, -0.1) is 0 Å². The second-order valence-corrected chi connectivity index (χ2v) is 3.74. The molecule has 3 rings (SSSR count). The van der Waals surface area contributed by atoms with E-state index in [1.54, 1.807) is 7.05 Å². The summed E-state index contributed by atoms with van der Waals surface area (Å²) in [6.45, 7) is 0. The maximum Gasteiger partial charge on any atom is 0.235 e. The second-order valence-electron chi connectivity index (χ2n) is 3.74. The van der Waals surface area contributed by atoms with E-state index in [1.807, 2.05) is 12.2 Å². The van der Waals surface area contributed by atoms with E-state index in [-0.39, 0.29) is 35.9 Å². The van der Waals surface area contributed by atoms with E-state index in [2.05, 4.69) is 0 Å². The molecule has 4 nitrogen and oxygen atoms in total. The minimum Gasteiger partial charge on any atom is -0.365 e. The summed E-state index contributed by atoms with van der Waals surface area (Å²) in [6, 6.07) is 0. The number of hydrogen-bond acceptors (Lipinski definition) is 3. The molecule has 3 aliphatic rings. The van der Waals surface area contributed by atoms with E-state index in [0.29, 0.717) is 0 Å². The van der Waals surface area contributed by atoms with Gasteiger partial charge in [-0.2, -0.15) is 0 Å². The number of carbonyl (C=O) groups excluding carboxylic acids is 2. The van der Waals surface area contributed by atoms with Gasteiger partial charge in [0.25, 0.3) is 0 Å². The van der Waals surface area contributed by atoms with E-state index < -0.39 is 0 Å². The Hall–Kier alpha value is -1.16. The number of likely N-dealkylation sites (tertiary alicyclic amines) is 1. The van der Waals surface area contributed by atoms with Crippen LogP contribution < -0.4 is 0 Å². The molecule has 0 radical (unpaired) electrons. The highest BCUT2D eigenvalue weighted by Gasteiger charge is 2.59. The lowest BCUT2D eigenvalue weighted by atomic mass is 9.85. The number of rotatable bonds is 0. The third-order valence-corrected chi connectivity index (χ3v) is 3.13. The van der Waals surface area contributed by atoms with Gasteiger partial charge in [0.2, 0.25) is 11.8 Å². The van der Waals surface area contributed by atoms with Crippen LogP contribution in [-0.4, -0.2) is 36.0 Å². The SMILES string of the molecule is CN1C(=O)[C@@H]2[C@@H](C1=O)[C@H]1C=C[C@H]2O1. The van der Waals surface area contributed by atoms with Gasteiger partial charge in [-0.1, -0.05) is 12.2 Å².